The minimum atomic E-state index is -0.494. The van der Waals surface area contributed by atoms with Crippen molar-refractivity contribution in [3.63, 3.8) is 0 Å². The van der Waals surface area contributed by atoms with Gasteiger partial charge in [-0.25, -0.2) is 4.68 Å². The van der Waals surface area contributed by atoms with Crippen LogP contribution in [-0.4, -0.2) is 38.5 Å². The number of nitro benzene ring substituents is 1. The van der Waals surface area contributed by atoms with E-state index in [2.05, 4.69) is 10.2 Å². The summed E-state index contributed by atoms with van der Waals surface area (Å²) in [6.45, 7) is 0. The number of nitrogens with two attached hydrogens (primary N) is 1. The lowest BCUT2D eigenvalue weighted by molar-refractivity contribution is -0.384. The van der Waals surface area contributed by atoms with Crippen LogP contribution in [0.25, 0.3) is 11.6 Å². The van der Waals surface area contributed by atoms with Gasteiger partial charge >= 0.3 is 0 Å². The zero-order chi connectivity index (χ0) is 18.7. The van der Waals surface area contributed by atoms with E-state index in [-0.39, 0.29) is 17.3 Å². The van der Waals surface area contributed by atoms with E-state index in [0.717, 1.165) is 11.8 Å². The number of carbonyl (C=O) groups is 1. The second-order valence-electron chi connectivity index (χ2n) is 5.17. The van der Waals surface area contributed by atoms with Gasteiger partial charge in [-0.05, 0) is 24.3 Å². The molecule has 0 fully saturated rings. The summed E-state index contributed by atoms with van der Waals surface area (Å²) in [5, 5.41) is 18.9. The van der Waals surface area contributed by atoms with E-state index in [1.807, 2.05) is 0 Å². The van der Waals surface area contributed by atoms with Crippen molar-refractivity contribution in [3.8, 4) is 11.6 Å². The van der Waals surface area contributed by atoms with Crippen molar-refractivity contribution in [1.82, 2.24) is 14.9 Å². The fourth-order valence-electron chi connectivity index (χ4n) is 2.11. The van der Waals surface area contributed by atoms with Crippen molar-refractivity contribution in [2.75, 3.05) is 23.5 Å². The predicted octanol–water partition coefficient (Wildman–Crippen LogP) is 1.92. The summed E-state index contributed by atoms with van der Waals surface area (Å²) in [5.74, 6) is 6.62. The van der Waals surface area contributed by atoms with E-state index in [1.165, 1.54) is 40.1 Å². The van der Waals surface area contributed by atoms with Gasteiger partial charge in [0.15, 0.2) is 5.76 Å². The highest BCUT2D eigenvalue weighted by molar-refractivity contribution is 7.99. The number of aromatic nitrogens is 3. The van der Waals surface area contributed by atoms with E-state index in [9.17, 15) is 14.9 Å². The Morgan fingerprint density at radius 3 is 2.69 bits per heavy atom. The van der Waals surface area contributed by atoms with Gasteiger partial charge in [-0.3, -0.25) is 14.9 Å². The number of anilines is 1. The van der Waals surface area contributed by atoms with Crippen molar-refractivity contribution >= 4 is 29.0 Å². The molecule has 0 aliphatic rings. The molecule has 26 heavy (non-hydrogen) atoms. The topological polar surface area (TPSA) is 133 Å². The first-order valence-corrected chi connectivity index (χ1v) is 8.34. The molecule has 3 aromatic rings. The molecule has 0 saturated heterocycles. The first kappa shape index (κ1) is 17.5. The van der Waals surface area contributed by atoms with Crippen molar-refractivity contribution in [1.29, 1.82) is 0 Å². The van der Waals surface area contributed by atoms with Crippen LogP contribution in [0.3, 0.4) is 0 Å². The molecule has 0 unspecified atom stereocenters. The number of benzene rings is 1. The number of nitrogen functional groups attached to an aromatic ring is 1. The van der Waals surface area contributed by atoms with Gasteiger partial charge < -0.3 is 15.2 Å². The zero-order valence-electron chi connectivity index (χ0n) is 13.6. The molecule has 1 aromatic carbocycles. The summed E-state index contributed by atoms with van der Waals surface area (Å²) in [7, 11) is 1.59. The van der Waals surface area contributed by atoms with Gasteiger partial charge in [-0.1, -0.05) is 11.8 Å². The second-order valence-corrected chi connectivity index (χ2v) is 6.11. The Hall–Kier alpha value is -3.34. The van der Waals surface area contributed by atoms with Crippen LogP contribution in [0.2, 0.25) is 0 Å². The van der Waals surface area contributed by atoms with Crippen LogP contribution in [0.4, 0.5) is 11.4 Å². The molecule has 11 heteroatoms. The second kappa shape index (κ2) is 7.27. The van der Waals surface area contributed by atoms with Crippen LogP contribution in [-0.2, 0) is 4.79 Å². The van der Waals surface area contributed by atoms with Gasteiger partial charge in [-0.15, -0.1) is 10.2 Å². The van der Waals surface area contributed by atoms with Crippen LogP contribution < -0.4 is 10.7 Å². The number of furan rings is 1. The molecule has 2 N–H and O–H groups in total. The Bertz CT molecular complexity index is 922. The molecular weight excluding hydrogens is 360 g/mol. The van der Waals surface area contributed by atoms with Crippen LogP contribution in [0, 0.1) is 10.1 Å². The molecule has 2 aromatic heterocycles. The number of nitro groups is 1. The van der Waals surface area contributed by atoms with Crippen molar-refractivity contribution in [2.24, 2.45) is 0 Å². The van der Waals surface area contributed by atoms with Crippen LogP contribution >= 0.6 is 11.8 Å². The SMILES string of the molecule is CN(C(=O)CSc1nnc(-c2ccco2)n1N)c1ccc([N+](=O)[O-])cc1. The predicted molar refractivity (Wildman–Crippen MR) is 95.1 cm³/mol. The van der Waals surface area contributed by atoms with Crippen LogP contribution in [0.1, 0.15) is 0 Å². The summed E-state index contributed by atoms with van der Waals surface area (Å²) in [6, 6.07) is 9.13. The van der Waals surface area contributed by atoms with Gasteiger partial charge in [-0.2, -0.15) is 0 Å². The van der Waals surface area contributed by atoms with Gasteiger partial charge in [0.2, 0.25) is 16.9 Å². The highest BCUT2D eigenvalue weighted by Gasteiger charge is 2.18. The summed E-state index contributed by atoms with van der Waals surface area (Å²) >= 11 is 1.13. The molecule has 10 nitrogen and oxygen atoms in total. The molecular formula is C15H14N6O4S. The van der Waals surface area contributed by atoms with Crippen molar-refractivity contribution in [3.05, 3.63) is 52.8 Å². The summed E-state index contributed by atoms with van der Waals surface area (Å²) < 4.78 is 6.48. The van der Waals surface area contributed by atoms with E-state index >= 15 is 0 Å². The van der Waals surface area contributed by atoms with Crippen molar-refractivity contribution in [2.45, 2.75) is 5.16 Å². The Morgan fingerprint density at radius 2 is 2.08 bits per heavy atom. The molecule has 0 atom stereocenters. The van der Waals surface area contributed by atoms with E-state index < -0.39 is 4.92 Å². The maximum Gasteiger partial charge on any atom is 0.269 e. The lowest BCUT2D eigenvalue weighted by Crippen LogP contribution is -2.28. The summed E-state index contributed by atoms with van der Waals surface area (Å²) in [6.07, 6.45) is 1.50. The third-order valence-electron chi connectivity index (χ3n) is 3.55. The Morgan fingerprint density at radius 1 is 1.35 bits per heavy atom. The highest BCUT2D eigenvalue weighted by atomic mass is 32.2. The number of nitrogens with zero attached hydrogens (tertiary/aromatic N) is 5. The molecule has 1 amide bonds. The van der Waals surface area contributed by atoms with Gasteiger partial charge in [0.25, 0.3) is 5.69 Å². The maximum absolute atomic E-state index is 12.3. The first-order chi connectivity index (χ1) is 12.5. The molecule has 134 valence electrons. The number of non-ortho nitro benzene ring substituents is 1. The minimum Gasteiger partial charge on any atom is -0.461 e. The monoisotopic (exact) mass is 374 g/mol. The normalized spacial score (nSPS) is 10.7. The van der Waals surface area contributed by atoms with Gasteiger partial charge in [0.05, 0.1) is 16.9 Å². The number of hydrogen-bond acceptors (Lipinski definition) is 8. The summed E-state index contributed by atoms with van der Waals surface area (Å²) in [5.41, 5.74) is 0.511. The molecule has 2 heterocycles. The van der Waals surface area contributed by atoms with E-state index in [1.54, 1.807) is 19.2 Å². The average molecular weight is 374 g/mol. The first-order valence-electron chi connectivity index (χ1n) is 7.35. The molecule has 0 bridgehead atoms. The molecule has 0 aliphatic heterocycles. The zero-order valence-corrected chi connectivity index (χ0v) is 14.4. The van der Waals surface area contributed by atoms with Crippen LogP contribution in [0.5, 0.6) is 0 Å². The molecule has 0 saturated carbocycles. The Labute approximate surface area is 151 Å². The van der Waals surface area contributed by atoms with Gasteiger partial charge in [0.1, 0.15) is 0 Å². The Kier molecular flexibility index (Phi) is 4.89. The summed E-state index contributed by atoms with van der Waals surface area (Å²) in [4.78, 5) is 23.9. The third kappa shape index (κ3) is 3.52. The van der Waals surface area contributed by atoms with E-state index in [4.69, 9.17) is 10.3 Å². The van der Waals surface area contributed by atoms with E-state index in [0.29, 0.717) is 22.4 Å². The minimum absolute atomic E-state index is 0.0364. The number of thioether (sulfide) groups is 1. The largest absolute Gasteiger partial charge is 0.461 e. The third-order valence-corrected chi connectivity index (χ3v) is 4.48. The van der Waals surface area contributed by atoms with Crippen LogP contribution in [0.15, 0.2) is 52.2 Å². The molecule has 3 rings (SSSR count). The lowest BCUT2D eigenvalue weighted by atomic mass is 10.2. The molecule has 0 radical (unpaired) electrons. The number of rotatable bonds is 6. The maximum atomic E-state index is 12.3. The highest BCUT2D eigenvalue weighted by Crippen LogP contribution is 2.23. The standard InChI is InChI=1S/C15H14N6O4S/c1-19(10-4-6-11(7-5-10)21(23)24)13(22)9-26-15-18-17-14(20(15)16)12-3-2-8-25-12/h2-8H,9,16H2,1H3. The number of hydrogen-bond donors (Lipinski definition) is 1. The van der Waals surface area contributed by atoms with Crippen molar-refractivity contribution < 1.29 is 14.1 Å². The Balaban J connectivity index is 1.64. The molecule has 0 spiro atoms. The fraction of sp³-hybridized carbons (Fsp3) is 0.133. The average Bonchev–Trinajstić information content (AvgIpc) is 3.29. The molecule has 0 aliphatic carbocycles. The fourth-order valence-corrected chi connectivity index (χ4v) is 2.88. The number of amides is 1. The van der Waals surface area contributed by atoms with Gasteiger partial charge in [0, 0.05) is 24.9 Å². The quantitative estimate of drug-likeness (QED) is 0.299. The smallest absolute Gasteiger partial charge is 0.269 e. The number of carbonyl (C=O) groups excluding carboxylic acids is 1. The lowest BCUT2D eigenvalue weighted by Gasteiger charge is -2.16.